The standard InChI is InChI=1S/C78H88N2O/c1-5-9-13-17-19-29-49-78(50-30-20-18-14-10-6-2)71-55-62(58-35-25-22-26-36-58)41-46-67(71)68-47-42-63(56-72(68)78)61-40-44-65-66-45-39-60(57-33-23-21-24-34-57)54-70(66)76-75(69(65)53-61)79-77(80(76)51-31-15-11-7-3)74-64-38-28-27-37-59(64)43-48-73(74)81-52-32-16-12-8-4/h21-28,33-48,53-56H,5-20,29-32,49-52H2,1-4H3. The smallest absolute Gasteiger partial charge is 0.145 e. The molecule has 0 saturated carbocycles. The average molecular weight is 1070 g/mol. The molecule has 81 heavy (non-hydrogen) atoms. The second-order valence-corrected chi connectivity index (χ2v) is 23.8. The van der Waals surface area contributed by atoms with Crippen molar-refractivity contribution in [3.63, 3.8) is 0 Å². The van der Waals surface area contributed by atoms with E-state index in [1.165, 1.54) is 216 Å². The number of fused-ring (bicyclic) bond motifs is 10. The first-order valence-corrected chi connectivity index (χ1v) is 32.0. The summed E-state index contributed by atoms with van der Waals surface area (Å²) in [7, 11) is 0. The zero-order valence-corrected chi connectivity index (χ0v) is 49.4. The van der Waals surface area contributed by atoms with Crippen molar-refractivity contribution < 1.29 is 4.74 Å². The Hall–Kier alpha value is -6.97. The highest BCUT2D eigenvalue weighted by Gasteiger charge is 2.43. The van der Waals surface area contributed by atoms with E-state index in [0.717, 1.165) is 42.0 Å². The van der Waals surface area contributed by atoms with Gasteiger partial charge in [0.05, 0.1) is 23.2 Å². The molecule has 1 aliphatic carbocycles. The maximum Gasteiger partial charge on any atom is 0.145 e. The fraction of sp³-hybridized carbons (Fsp3) is 0.372. The molecule has 1 aromatic heterocycles. The number of benzene rings is 9. The van der Waals surface area contributed by atoms with Crippen LogP contribution in [0, 0.1) is 0 Å². The Labute approximate surface area is 485 Å². The van der Waals surface area contributed by atoms with Crippen molar-refractivity contribution in [2.75, 3.05) is 6.61 Å². The van der Waals surface area contributed by atoms with Gasteiger partial charge in [0.1, 0.15) is 11.6 Å². The van der Waals surface area contributed by atoms with E-state index in [1.54, 1.807) is 5.56 Å². The molecule has 0 bridgehead atoms. The van der Waals surface area contributed by atoms with Crippen LogP contribution >= 0.6 is 0 Å². The lowest BCUT2D eigenvalue weighted by molar-refractivity contribution is 0.306. The summed E-state index contributed by atoms with van der Waals surface area (Å²) in [6.45, 7) is 10.8. The van der Waals surface area contributed by atoms with Crippen molar-refractivity contribution in [3.05, 3.63) is 181 Å². The number of aryl methyl sites for hydroxylation is 1. The number of imidazole rings is 1. The van der Waals surface area contributed by atoms with Gasteiger partial charge in [-0.15, -0.1) is 0 Å². The molecule has 10 aromatic rings. The zero-order chi connectivity index (χ0) is 55.4. The van der Waals surface area contributed by atoms with Gasteiger partial charge in [0.15, 0.2) is 0 Å². The van der Waals surface area contributed by atoms with E-state index in [1.807, 2.05) is 0 Å². The lowest BCUT2D eigenvalue weighted by Crippen LogP contribution is -2.25. The molecule has 0 radical (unpaired) electrons. The first-order chi connectivity index (χ1) is 40.0. The van der Waals surface area contributed by atoms with Crippen molar-refractivity contribution in [2.45, 2.75) is 181 Å². The molecule has 0 saturated heterocycles. The topological polar surface area (TPSA) is 27.1 Å². The predicted octanol–water partition coefficient (Wildman–Crippen LogP) is 23.5. The third-order valence-corrected chi connectivity index (χ3v) is 18.2. The monoisotopic (exact) mass is 1070 g/mol. The molecule has 0 spiro atoms. The first-order valence-electron chi connectivity index (χ1n) is 32.0. The molecule has 0 atom stereocenters. The van der Waals surface area contributed by atoms with Gasteiger partial charge in [-0.05, 0) is 133 Å². The average Bonchev–Trinajstić information content (AvgIpc) is 4.09. The molecule has 0 N–H and O–H groups in total. The van der Waals surface area contributed by atoms with Crippen molar-refractivity contribution in [1.82, 2.24) is 9.55 Å². The van der Waals surface area contributed by atoms with Gasteiger partial charge in [-0.2, -0.15) is 0 Å². The summed E-state index contributed by atoms with van der Waals surface area (Å²) in [5.41, 5.74) is 16.9. The normalized spacial score (nSPS) is 12.7. The Morgan fingerprint density at radius 1 is 0.383 bits per heavy atom. The van der Waals surface area contributed by atoms with Gasteiger partial charge in [0, 0.05) is 22.7 Å². The highest BCUT2D eigenvalue weighted by molar-refractivity contribution is 6.25. The van der Waals surface area contributed by atoms with Gasteiger partial charge in [0.25, 0.3) is 0 Å². The molecule has 0 aliphatic heterocycles. The van der Waals surface area contributed by atoms with Gasteiger partial charge >= 0.3 is 0 Å². The van der Waals surface area contributed by atoms with Crippen LogP contribution in [-0.4, -0.2) is 16.2 Å². The third-order valence-electron chi connectivity index (χ3n) is 18.2. The van der Waals surface area contributed by atoms with Crippen LogP contribution in [0.1, 0.15) is 180 Å². The van der Waals surface area contributed by atoms with Crippen LogP contribution in [0.4, 0.5) is 0 Å². The van der Waals surface area contributed by atoms with Crippen LogP contribution < -0.4 is 4.74 Å². The maximum absolute atomic E-state index is 6.91. The Morgan fingerprint density at radius 2 is 0.864 bits per heavy atom. The summed E-state index contributed by atoms with van der Waals surface area (Å²) in [6.07, 6.45) is 27.3. The molecule has 1 heterocycles. The van der Waals surface area contributed by atoms with Gasteiger partial charge in [0.2, 0.25) is 0 Å². The van der Waals surface area contributed by atoms with E-state index in [0.29, 0.717) is 6.61 Å². The summed E-state index contributed by atoms with van der Waals surface area (Å²) in [4.78, 5) is 6.01. The number of ether oxygens (including phenoxy) is 1. The van der Waals surface area contributed by atoms with Gasteiger partial charge in [-0.25, -0.2) is 4.98 Å². The number of nitrogens with zero attached hydrogens (tertiary/aromatic N) is 2. The molecule has 0 unspecified atom stereocenters. The minimum atomic E-state index is -0.0581. The Morgan fingerprint density at radius 3 is 1.48 bits per heavy atom. The van der Waals surface area contributed by atoms with Crippen LogP contribution in [0.2, 0.25) is 0 Å². The van der Waals surface area contributed by atoms with Crippen LogP contribution in [0.15, 0.2) is 170 Å². The molecular weight excluding hydrogens is 981 g/mol. The number of unbranched alkanes of at least 4 members (excludes halogenated alkanes) is 16. The van der Waals surface area contributed by atoms with Gasteiger partial charge in [-0.3, -0.25) is 0 Å². The lowest BCUT2D eigenvalue weighted by atomic mass is 9.70. The molecule has 3 heteroatoms. The Kier molecular flexibility index (Phi) is 18.5. The van der Waals surface area contributed by atoms with E-state index in [-0.39, 0.29) is 5.41 Å². The third kappa shape index (κ3) is 11.9. The molecule has 11 rings (SSSR count). The van der Waals surface area contributed by atoms with Crippen LogP contribution in [-0.2, 0) is 12.0 Å². The molecule has 0 amide bonds. The molecular formula is C78H88N2O. The fourth-order valence-electron chi connectivity index (χ4n) is 13.8. The molecule has 9 aromatic carbocycles. The Bertz CT molecular complexity index is 3680. The van der Waals surface area contributed by atoms with Crippen molar-refractivity contribution >= 4 is 43.4 Å². The molecule has 3 nitrogen and oxygen atoms in total. The number of rotatable bonds is 29. The molecule has 0 fully saturated rings. The van der Waals surface area contributed by atoms with E-state index in [2.05, 4.69) is 202 Å². The van der Waals surface area contributed by atoms with Gasteiger partial charge in [-0.1, -0.05) is 283 Å². The first kappa shape index (κ1) is 55.9. The fourth-order valence-corrected chi connectivity index (χ4v) is 13.8. The SMILES string of the molecule is CCCCCCCCC1(CCCCCCCC)c2cc(-c3ccccc3)ccc2-c2ccc(-c3ccc4c5ccc(-c6ccccc6)cc5c5c(nc(-c6c(OCCCCCC)ccc7ccccc67)n5CCCCCC)c4c3)cc21. The van der Waals surface area contributed by atoms with E-state index in [9.17, 15) is 0 Å². The summed E-state index contributed by atoms with van der Waals surface area (Å²) < 4.78 is 9.52. The number of hydrogen-bond acceptors (Lipinski definition) is 2. The van der Waals surface area contributed by atoms with Crippen LogP contribution in [0.3, 0.4) is 0 Å². The number of hydrogen-bond donors (Lipinski definition) is 0. The molecule has 416 valence electrons. The van der Waals surface area contributed by atoms with E-state index in [4.69, 9.17) is 9.72 Å². The van der Waals surface area contributed by atoms with Crippen LogP contribution in [0.5, 0.6) is 5.75 Å². The predicted molar refractivity (Wildman–Crippen MR) is 350 cm³/mol. The van der Waals surface area contributed by atoms with Crippen molar-refractivity contribution in [1.29, 1.82) is 0 Å². The van der Waals surface area contributed by atoms with Crippen LogP contribution in [0.25, 0.3) is 99.2 Å². The lowest BCUT2D eigenvalue weighted by Gasteiger charge is -2.33. The van der Waals surface area contributed by atoms with Crippen molar-refractivity contribution in [3.8, 4) is 61.6 Å². The summed E-state index contributed by atoms with van der Waals surface area (Å²) in [5, 5.41) is 7.37. The van der Waals surface area contributed by atoms with Crippen molar-refractivity contribution in [2.24, 2.45) is 0 Å². The zero-order valence-electron chi connectivity index (χ0n) is 49.4. The summed E-state index contributed by atoms with van der Waals surface area (Å²) >= 11 is 0. The van der Waals surface area contributed by atoms with E-state index >= 15 is 0 Å². The minimum absolute atomic E-state index is 0.0581. The second-order valence-electron chi connectivity index (χ2n) is 23.8. The Balaban J connectivity index is 1.11. The summed E-state index contributed by atoms with van der Waals surface area (Å²) in [5.74, 6) is 1.93. The van der Waals surface area contributed by atoms with Gasteiger partial charge < -0.3 is 9.30 Å². The quantitative estimate of drug-likeness (QED) is 0.0345. The maximum atomic E-state index is 6.91. The number of aromatic nitrogens is 2. The highest BCUT2D eigenvalue weighted by Crippen LogP contribution is 2.56. The minimum Gasteiger partial charge on any atom is -0.493 e. The largest absolute Gasteiger partial charge is 0.493 e. The van der Waals surface area contributed by atoms with E-state index < -0.39 is 0 Å². The second kappa shape index (κ2) is 26.7. The molecule has 1 aliphatic rings. The summed E-state index contributed by atoms with van der Waals surface area (Å²) in [6, 6.07) is 64.9. The highest BCUT2D eigenvalue weighted by atomic mass is 16.5.